The summed E-state index contributed by atoms with van der Waals surface area (Å²) < 4.78 is 12.9. The lowest BCUT2D eigenvalue weighted by molar-refractivity contribution is 0.262. The molecule has 0 saturated heterocycles. The fraction of sp³-hybridized carbons (Fsp3) is 0.455. The van der Waals surface area contributed by atoms with Gasteiger partial charge in [-0.05, 0) is 61.1 Å². The predicted octanol–water partition coefficient (Wildman–Crippen LogP) is 6.64. The Bertz CT molecular complexity index is 664. The van der Waals surface area contributed by atoms with Gasteiger partial charge in [0.25, 0.3) is 0 Å². The maximum atomic E-state index is 10.0. The Morgan fingerprint density at radius 3 is 1.85 bits per heavy atom. The summed E-state index contributed by atoms with van der Waals surface area (Å²) in [5.41, 5.74) is 2.14. The minimum atomic E-state index is 0.301. The van der Waals surface area contributed by atoms with E-state index in [9.17, 15) is 5.11 Å². The average molecular weight is 421 g/mol. The van der Waals surface area contributed by atoms with Gasteiger partial charge < -0.3 is 14.6 Å². The van der Waals surface area contributed by atoms with E-state index in [2.05, 4.69) is 43.6 Å². The van der Waals surface area contributed by atoms with E-state index in [1.54, 1.807) is 0 Å². The maximum Gasteiger partial charge on any atom is 0.126 e. The highest BCUT2D eigenvalue weighted by Gasteiger charge is 2.17. The second-order valence-electron chi connectivity index (χ2n) is 7.12. The second kappa shape index (κ2) is 9.86. The maximum absolute atomic E-state index is 10.0. The molecule has 0 fully saturated rings. The summed E-state index contributed by atoms with van der Waals surface area (Å²) in [5, 5.41) is 10.0. The van der Waals surface area contributed by atoms with Gasteiger partial charge in [0.15, 0.2) is 0 Å². The second-order valence-corrected chi connectivity index (χ2v) is 8.04. The summed E-state index contributed by atoms with van der Waals surface area (Å²) in [6.45, 7) is 9.81. The molecule has 0 spiro atoms. The van der Waals surface area contributed by atoms with Gasteiger partial charge in [0.05, 0.1) is 13.2 Å². The van der Waals surface area contributed by atoms with Crippen LogP contribution in [0.2, 0.25) is 0 Å². The predicted molar refractivity (Wildman–Crippen MR) is 111 cm³/mol. The van der Waals surface area contributed by atoms with Crippen LogP contribution in [0.25, 0.3) is 0 Å². The standard InChI is InChI=1S/C22H29BrO3/c1-15(2)20-13-18(24)14-21(16(3)4)22(20)26-12-6-5-11-25-19-9-7-17(23)8-10-19/h7-10,13-16,24H,5-6,11-12H2,1-4H3. The highest BCUT2D eigenvalue weighted by molar-refractivity contribution is 9.10. The Morgan fingerprint density at radius 1 is 0.846 bits per heavy atom. The molecule has 4 heteroatoms. The number of phenolic OH excluding ortho intramolecular Hbond substituents is 1. The molecule has 2 rings (SSSR count). The fourth-order valence-corrected chi connectivity index (χ4v) is 3.05. The van der Waals surface area contributed by atoms with Crippen molar-refractivity contribution in [3.8, 4) is 17.2 Å². The topological polar surface area (TPSA) is 38.7 Å². The van der Waals surface area contributed by atoms with Crippen molar-refractivity contribution in [2.45, 2.75) is 52.4 Å². The zero-order chi connectivity index (χ0) is 19.1. The van der Waals surface area contributed by atoms with Crippen molar-refractivity contribution in [2.75, 3.05) is 13.2 Å². The van der Waals surface area contributed by atoms with Crippen molar-refractivity contribution < 1.29 is 14.6 Å². The quantitative estimate of drug-likeness (QED) is 0.462. The number of rotatable bonds is 9. The molecule has 1 N–H and O–H groups in total. The average Bonchev–Trinajstić information content (AvgIpc) is 2.59. The molecule has 0 aliphatic carbocycles. The van der Waals surface area contributed by atoms with E-state index in [0.29, 0.717) is 30.8 Å². The van der Waals surface area contributed by atoms with E-state index in [1.807, 2.05) is 36.4 Å². The highest BCUT2D eigenvalue weighted by atomic mass is 79.9. The Labute approximate surface area is 165 Å². The van der Waals surface area contributed by atoms with Crippen LogP contribution in [0.1, 0.15) is 63.5 Å². The lowest BCUT2D eigenvalue weighted by Crippen LogP contribution is -2.07. The van der Waals surface area contributed by atoms with Crippen LogP contribution in [0.3, 0.4) is 0 Å². The van der Waals surface area contributed by atoms with Crippen LogP contribution in [0.4, 0.5) is 0 Å². The first-order valence-electron chi connectivity index (χ1n) is 9.26. The molecule has 0 aliphatic rings. The lowest BCUT2D eigenvalue weighted by atomic mass is 9.93. The highest BCUT2D eigenvalue weighted by Crippen LogP contribution is 2.38. The number of aromatic hydroxyl groups is 1. The molecule has 0 saturated carbocycles. The number of hydrogen-bond donors (Lipinski definition) is 1. The van der Waals surface area contributed by atoms with Crippen molar-refractivity contribution in [3.63, 3.8) is 0 Å². The minimum absolute atomic E-state index is 0.301. The summed E-state index contributed by atoms with van der Waals surface area (Å²) >= 11 is 3.42. The number of unbranched alkanes of at least 4 members (excludes halogenated alkanes) is 1. The number of ether oxygens (including phenoxy) is 2. The van der Waals surface area contributed by atoms with Crippen LogP contribution in [0, 0.1) is 0 Å². The van der Waals surface area contributed by atoms with Crippen molar-refractivity contribution in [1.82, 2.24) is 0 Å². The third kappa shape index (κ3) is 5.94. The van der Waals surface area contributed by atoms with E-state index >= 15 is 0 Å². The first-order valence-corrected chi connectivity index (χ1v) is 10.1. The largest absolute Gasteiger partial charge is 0.508 e. The van der Waals surface area contributed by atoms with Crippen molar-refractivity contribution in [1.29, 1.82) is 0 Å². The summed E-state index contributed by atoms with van der Waals surface area (Å²) in [7, 11) is 0. The molecule has 0 unspecified atom stereocenters. The van der Waals surface area contributed by atoms with E-state index in [0.717, 1.165) is 39.9 Å². The van der Waals surface area contributed by atoms with Gasteiger partial charge >= 0.3 is 0 Å². The molecule has 0 radical (unpaired) electrons. The molecular weight excluding hydrogens is 392 g/mol. The molecular formula is C22H29BrO3. The SMILES string of the molecule is CC(C)c1cc(O)cc(C(C)C)c1OCCCCOc1ccc(Br)cc1. The molecule has 0 atom stereocenters. The van der Waals surface area contributed by atoms with Gasteiger partial charge in [-0.2, -0.15) is 0 Å². The molecule has 0 heterocycles. The third-order valence-corrected chi connectivity index (χ3v) is 4.77. The first-order chi connectivity index (χ1) is 12.4. The van der Waals surface area contributed by atoms with Crippen LogP contribution in [0.5, 0.6) is 17.2 Å². The van der Waals surface area contributed by atoms with E-state index in [-0.39, 0.29) is 0 Å². The van der Waals surface area contributed by atoms with Gasteiger partial charge in [-0.3, -0.25) is 0 Å². The van der Waals surface area contributed by atoms with Gasteiger partial charge in [0.2, 0.25) is 0 Å². The number of phenols is 1. The summed E-state index contributed by atoms with van der Waals surface area (Å²) in [6, 6.07) is 11.5. The zero-order valence-electron chi connectivity index (χ0n) is 16.1. The number of benzene rings is 2. The Morgan fingerprint density at radius 2 is 1.35 bits per heavy atom. The molecule has 26 heavy (non-hydrogen) atoms. The Hall–Kier alpha value is -1.68. The van der Waals surface area contributed by atoms with Crippen molar-refractivity contribution in [2.24, 2.45) is 0 Å². The third-order valence-electron chi connectivity index (χ3n) is 4.24. The van der Waals surface area contributed by atoms with Crippen LogP contribution in [-0.4, -0.2) is 18.3 Å². The van der Waals surface area contributed by atoms with Gasteiger partial charge in [0, 0.05) is 15.6 Å². The van der Waals surface area contributed by atoms with Crippen LogP contribution in [0.15, 0.2) is 40.9 Å². The van der Waals surface area contributed by atoms with Crippen molar-refractivity contribution in [3.05, 3.63) is 52.0 Å². The van der Waals surface area contributed by atoms with Gasteiger partial charge in [-0.15, -0.1) is 0 Å². The fourth-order valence-electron chi connectivity index (χ4n) is 2.78. The lowest BCUT2D eigenvalue weighted by Gasteiger charge is -2.20. The smallest absolute Gasteiger partial charge is 0.126 e. The molecule has 2 aromatic carbocycles. The summed E-state index contributed by atoms with van der Waals surface area (Å²) in [6.07, 6.45) is 1.86. The van der Waals surface area contributed by atoms with E-state index in [1.165, 1.54) is 0 Å². The number of hydrogen-bond acceptors (Lipinski definition) is 3. The first kappa shape index (κ1) is 20.6. The Kier molecular flexibility index (Phi) is 7.83. The van der Waals surface area contributed by atoms with E-state index in [4.69, 9.17) is 9.47 Å². The molecule has 3 nitrogen and oxygen atoms in total. The van der Waals surface area contributed by atoms with Crippen LogP contribution < -0.4 is 9.47 Å². The molecule has 0 aliphatic heterocycles. The molecule has 2 aromatic rings. The van der Waals surface area contributed by atoms with E-state index < -0.39 is 0 Å². The normalized spacial score (nSPS) is 11.2. The van der Waals surface area contributed by atoms with Gasteiger partial charge in [-0.1, -0.05) is 43.6 Å². The van der Waals surface area contributed by atoms with Gasteiger partial charge in [0.1, 0.15) is 17.2 Å². The van der Waals surface area contributed by atoms with Gasteiger partial charge in [-0.25, -0.2) is 0 Å². The summed E-state index contributed by atoms with van der Waals surface area (Å²) in [5.74, 6) is 2.73. The zero-order valence-corrected chi connectivity index (χ0v) is 17.7. The molecule has 0 aromatic heterocycles. The molecule has 142 valence electrons. The van der Waals surface area contributed by atoms with Crippen molar-refractivity contribution >= 4 is 15.9 Å². The minimum Gasteiger partial charge on any atom is -0.508 e. The van der Waals surface area contributed by atoms with Crippen LogP contribution in [-0.2, 0) is 0 Å². The molecule has 0 amide bonds. The Balaban J connectivity index is 1.87. The monoisotopic (exact) mass is 420 g/mol. The molecule has 0 bridgehead atoms. The number of halogens is 1. The summed E-state index contributed by atoms with van der Waals surface area (Å²) in [4.78, 5) is 0. The van der Waals surface area contributed by atoms with Crippen LogP contribution >= 0.6 is 15.9 Å².